The van der Waals surface area contributed by atoms with Crippen LogP contribution in [0.5, 0.6) is 11.5 Å². The number of benzene rings is 1. The molecular weight excluding hydrogens is 282 g/mol. The lowest BCUT2D eigenvalue weighted by atomic mass is 10.0. The van der Waals surface area contributed by atoms with Crippen LogP contribution in [-0.4, -0.2) is 44.3 Å². The van der Waals surface area contributed by atoms with Crippen molar-refractivity contribution >= 4 is 5.91 Å². The summed E-state index contributed by atoms with van der Waals surface area (Å²) in [6.07, 6.45) is 3.57. The highest BCUT2D eigenvalue weighted by molar-refractivity contribution is 5.82. The van der Waals surface area contributed by atoms with Crippen molar-refractivity contribution in [3.63, 3.8) is 0 Å². The van der Waals surface area contributed by atoms with Gasteiger partial charge in [-0.2, -0.15) is 0 Å². The Morgan fingerprint density at radius 2 is 2.00 bits per heavy atom. The van der Waals surface area contributed by atoms with E-state index in [2.05, 4.69) is 0 Å². The lowest BCUT2D eigenvalue weighted by molar-refractivity contribution is -0.141. The van der Waals surface area contributed by atoms with Crippen LogP contribution in [0.2, 0.25) is 0 Å². The van der Waals surface area contributed by atoms with Crippen molar-refractivity contribution in [3.05, 3.63) is 23.8 Å². The van der Waals surface area contributed by atoms with Crippen LogP contribution in [0.1, 0.15) is 37.3 Å². The van der Waals surface area contributed by atoms with Crippen LogP contribution in [0, 0.1) is 0 Å². The molecule has 5 nitrogen and oxygen atoms in total. The van der Waals surface area contributed by atoms with Gasteiger partial charge < -0.3 is 19.1 Å². The third kappa shape index (κ3) is 2.77. The third-order valence-electron chi connectivity index (χ3n) is 4.53. The van der Waals surface area contributed by atoms with Crippen LogP contribution in [-0.2, 0) is 9.53 Å². The summed E-state index contributed by atoms with van der Waals surface area (Å²) in [6.45, 7) is 1.50. The fraction of sp³-hybridized carbons (Fsp3) is 0.588. The molecule has 2 atom stereocenters. The van der Waals surface area contributed by atoms with Gasteiger partial charge >= 0.3 is 0 Å². The first-order valence-corrected chi connectivity index (χ1v) is 7.88. The molecule has 1 amide bonds. The minimum absolute atomic E-state index is 0.108. The van der Waals surface area contributed by atoms with E-state index >= 15 is 0 Å². The Hall–Kier alpha value is -1.75. The zero-order chi connectivity index (χ0) is 15.5. The summed E-state index contributed by atoms with van der Waals surface area (Å²) in [5.74, 6) is 1.55. The molecule has 1 aromatic carbocycles. The maximum Gasteiger partial charge on any atom is 0.252 e. The molecule has 0 bridgehead atoms. The first-order valence-electron chi connectivity index (χ1n) is 7.88. The van der Waals surface area contributed by atoms with Crippen molar-refractivity contribution < 1.29 is 19.0 Å². The molecule has 0 radical (unpaired) electrons. The number of methoxy groups -OCH3 is 2. The average Bonchev–Trinajstić information content (AvgIpc) is 3.24. The summed E-state index contributed by atoms with van der Waals surface area (Å²) in [5, 5.41) is 0. The second kappa shape index (κ2) is 6.57. The molecule has 0 spiro atoms. The van der Waals surface area contributed by atoms with E-state index in [1.807, 2.05) is 23.1 Å². The number of hydrogen-bond donors (Lipinski definition) is 0. The van der Waals surface area contributed by atoms with Gasteiger partial charge in [0.25, 0.3) is 5.91 Å². The number of rotatable bonds is 4. The van der Waals surface area contributed by atoms with E-state index < -0.39 is 0 Å². The number of likely N-dealkylation sites (tertiary alicyclic amines) is 1. The molecule has 1 aromatic rings. The smallest absolute Gasteiger partial charge is 0.252 e. The van der Waals surface area contributed by atoms with Crippen LogP contribution in [0.15, 0.2) is 18.2 Å². The van der Waals surface area contributed by atoms with Crippen molar-refractivity contribution in [2.24, 2.45) is 0 Å². The summed E-state index contributed by atoms with van der Waals surface area (Å²) in [5.41, 5.74) is 1.10. The summed E-state index contributed by atoms with van der Waals surface area (Å²) < 4.78 is 16.2. The maximum absolute atomic E-state index is 12.7. The van der Waals surface area contributed by atoms with Gasteiger partial charge in [0.05, 0.1) is 20.3 Å². The van der Waals surface area contributed by atoms with Crippen molar-refractivity contribution in [1.29, 1.82) is 0 Å². The van der Waals surface area contributed by atoms with E-state index in [-0.39, 0.29) is 18.1 Å². The molecule has 2 aliphatic heterocycles. The van der Waals surface area contributed by atoms with Crippen molar-refractivity contribution in [1.82, 2.24) is 4.90 Å². The fourth-order valence-corrected chi connectivity index (χ4v) is 3.39. The summed E-state index contributed by atoms with van der Waals surface area (Å²) >= 11 is 0. The van der Waals surface area contributed by atoms with Gasteiger partial charge in [-0.15, -0.1) is 0 Å². The van der Waals surface area contributed by atoms with Crippen LogP contribution in [0.4, 0.5) is 0 Å². The Bertz CT molecular complexity index is 539. The summed E-state index contributed by atoms with van der Waals surface area (Å²) in [4.78, 5) is 14.6. The van der Waals surface area contributed by atoms with Crippen molar-refractivity contribution in [2.45, 2.75) is 37.8 Å². The van der Waals surface area contributed by atoms with Gasteiger partial charge in [0, 0.05) is 13.2 Å². The minimum atomic E-state index is -0.249. The number of amides is 1. The monoisotopic (exact) mass is 305 g/mol. The quantitative estimate of drug-likeness (QED) is 0.858. The van der Waals surface area contributed by atoms with Gasteiger partial charge in [-0.05, 0) is 43.4 Å². The Labute approximate surface area is 131 Å². The Balaban J connectivity index is 1.82. The molecule has 3 rings (SSSR count). The average molecular weight is 305 g/mol. The highest BCUT2D eigenvalue weighted by Crippen LogP contribution is 2.37. The van der Waals surface area contributed by atoms with Crippen molar-refractivity contribution in [2.75, 3.05) is 27.4 Å². The second-order valence-corrected chi connectivity index (χ2v) is 5.81. The topological polar surface area (TPSA) is 48.0 Å². The van der Waals surface area contributed by atoms with Gasteiger partial charge in [-0.1, -0.05) is 6.07 Å². The highest BCUT2D eigenvalue weighted by atomic mass is 16.5. The maximum atomic E-state index is 12.7. The van der Waals surface area contributed by atoms with E-state index in [9.17, 15) is 4.79 Å². The lowest BCUT2D eigenvalue weighted by Crippen LogP contribution is -2.38. The van der Waals surface area contributed by atoms with Gasteiger partial charge in [-0.3, -0.25) is 4.79 Å². The third-order valence-corrected chi connectivity index (χ3v) is 4.53. The molecule has 2 fully saturated rings. The largest absolute Gasteiger partial charge is 0.493 e. The Morgan fingerprint density at radius 1 is 1.18 bits per heavy atom. The molecule has 5 heteroatoms. The van der Waals surface area contributed by atoms with E-state index in [1.54, 1.807) is 14.2 Å². The van der Waals surface area contributed by atoms with Gasteiger partial charge in [-0.25, -0.2) is 0 Å². The zero-order valence-corrected chi connectivity index (χ0v) is 13.2. The van der Waals surface area contributed by atoms with Crippen LogP contribution in [0.25, 0.3) is 0 Å². The normalized spacial score (nSPS) is 24.5. The van der Waals surface area contributed by atoms with Gasteiger partial charge in [0.15, 0.2) is 11.5 Å². The van der Waals surface area contributed by atoms with Crippen LogP contribution in [0.3, 0.4) is 0 Å². The molecule has 0 aliphatic carbocycles. The molecule has 2 heterocycles. The lowest BCUT2D eigenvalue weighted by Gasteiger charge is -2.27. The Morgan fingerprint density at radius 3 is 2.68 bits per heavy atom. The summed E-state index contributed by atoms with van der Waals surface area (Å²) in [7, 11) is 3.26. The molecule has 120 valence electrons. The number of hydrogen-bond acceptors (Lipinski definition) is 4. The molecule has 0 saturated carbocycles. The van der Waals surface area contributed by atoms with Crippen LogP contribution >= 0.6 is 0 Å². The van der Waals surface area contributed by atoms with E-state index in [1.165, 1.54) is 0 Å². The number of carbonyl (C=O) groups excluding carboxylic acids is 1. The highest BCUT2D eigenvalue weighted by Gasteiger charge is 2.36. The first-order chi connectivity index (χ1) is 10.7. The SMILES string of the molecule is COc1ccc([C@@H]2CCCN2C(=O)[C@H]2CCCO2)cc1OC. The first kappa shape index (κ1) is 15.2. The van der Waals surface area contributed by atoms with Gasteiger partial charge in [0.1, 0.15) is 6.10 Å². The Kier molecular flexibility index (Phi) is 4.52. The molecule has 2 saturated heterocycles. The summed E-state index contributed by atoms with van der Waals surface area (Å²) in [6, 6.07) is 6.01. The zero-order valence-electron chi connectivity index (χ0n) is 13.2. The standard InChI is InChI=1S/C17H23NO4/c1-20-14-8-7-12(11-16(14)21-2)13-5-3-9-18(13)17(19)15-6-4-10-22-15/h7-8,11,13,15H,3-6,9-10H2,1-2H3/t13-,15+/m0/s1. The molecule has 22 heavy (non-hydrogen) atoms. The second-order valence-electron chi connectivity index (χ2n) is 5.81. The number of nitrogens with zero attached hydrogens (tertiary/aromatic N) is 1. The molecule has 0 aromatic heterocycles. The molecule has 0 unspecified atom stereocenters. The van der Waals surface area contributed by atoms with E-state index in [0.29, 0.717) is 18.1 Å². The predicted molar refractivity (Wildman–Crippen MR) is 82.2 cm³/mol. The molecule has 2 aliphatic rings. The number of carbonyl (C=O) groups is 1. The number of ether oxygens (including phenoxy) is 3. The van der Waals surface area contributed by atoms with E-state index in [0.717, 1.165) is 37.8 Å². The van der Waals surface area contributed by atoms with Crippen LogP contribution < -0.4 is 9.47 Å². The molecular formula is C17H23NO4. The predicted octanol–water partition coefficient (Wildman–Crippen LogP) is 2.55. The van der Waals surface area contributed by atoms with Crippen molar-refractivity contribution in [3.8, 4) is 11.5 Å². The minimum Gasteiger partial charge on any atom is -0.493 e. The fourth-order valence-electron chi connectivity index (χ4n) is 3.39. The molecule has 0 N–H and O–H groups in total. The van der Waals surface area contributed by atoms with E-state index in [4.69, 9.17) is 14.2 Å². The van der Waals surface area contributed by atoms with Gasteiger partial charge in [0.2, 0.25) is 0 Å².